The molecule has 0 radical (unpaired) electrons. The van der Waals surface area contributed by atoms with Crippen molar-refractivity contribution in [2.24, 2.45) is 0 Å². The minimum atomic E-state index is -0.0951. The van der Waals surface area contributed by atoms with Crippen molar-refractivity contribution >= 4 is 11.6 Å². The lowest BCUT2D eigenvalue weighted by atomic mass is 10.3. The molecule has 0 aliphatic rings. The second-order valence-corrected chi connectivity index (χ2v) is 3.05. The molecule has 1 heterocycles. The molecular formula is C9H7ClN2O. The average molecular weight is 195 g/mol. The summed E-state index contributed by atoms with van der Waals surface area (Å²) in [5.74, 6) is 0. The topological polar surface area (TPSA) is 37.8 Å². The van der Waals surface area contributed by atoms with E-state index in [0.717, 1.165) is 5.69 Å². The molecule has 4 heteroatoms. The SMILES string of the molecule is O=c1cc[nH]n1-c1cccc(Cl)c1. The molecule has 0 aliphatic heterocycles. The highest BCUT2D eigenvalue weighted by Gasteiger charge is 1.99. The largest absolute Gasteiger partial charge is 0.298 e. The van der Waals surface area contributed by atoms with Gasteiger partial charge in [0.25, 0.3) is 5.56 Å². The fraction of sp³-hybridized carbons (Fsp3) is 0. The van der Waals surface area contributed by atoms with Crippen molar-refractivity contribution in [3.05, 3.63) is 51.9 Å². The third kappa shape index (κ3) is 1.51. The van der Waals surface area contributed by atoms with Crippen molar-refractivity contribution in [3.8, 4) is 5.69 Å². The first kappa shape index (κ1) is 8.13. The van der Waals surface area contributed by atoms with Crippen molar-refractivity contribution in [2.45, 2.75) is 0 Å². The lowest BCUT2D eigenvalue weighted by molar-refractivity contribution is 0.849. The van der Waals surface area contributed by atoms with Crippen molar-refractivity contribution in [1.29, 1.82) is 0 Å². The number of H-pyrrole nitrogens is 1. The number of aromatic nitrogens is 2. The molecule has 0 atom stereocenters. The van der Waals surface area contributed by atoms with Gasteiger partial charge in [-0.25, -0.2) is 4.68 Å². The molecule has 0 saturated heterocycles. The first-order valence-corrected chi connectivity index (χ1v) is 4.17. The van der Waals surface area contributed by atoms with Crippen LogP contribution in [0, 0.1) is 0 Å². The van der Waals surface area contributed by atoms with E-state index >= 15 is 0 Å². The van der Waals surface area contributed by atoms with E-state index in [1.54, 1.807) is 24.4 Å². The molecule has 66 valence electrons. The summed E-state index contributed by atoms with van der Waals surface area (Å²) in [6.45, 7) is 0. The van der Waals surface area contributed by atoms with Crippen molar-refractivity contribution < 1.29 is 0 Å². The molecule has 0 aliphatic carbocycles. The van der Waals surface area contributed by atoms with Crippen LogP contribution >= 0.6 is 11.6 Å². The second kappa shape index (κ2) is 3.11. The van der Waals surface area contributed by atoms with Crippen LogP contribution < -0.4 is 5.56 Å². The van der Waals surface area contributed by atoms with Gasteiger partial charge in [-0.15, -0.1) is 0 Å². The highest BCUT2D eigenvalue weighted by molar-refractivity contribution is 6.30. The van der Waals surface area contributed by atoms with Gasteiger partial charge in [0.1, 0.15) is 0 Å². The van der Waals surface area contributed by atoms with Crippen molar-refractivity contribution in [3.63, 3.8) is 0 Å². The number of benzene rings is 1. The Morgan fingerprint density at radius 2 is 2.15 bits per heavy atom. The normalized spacial score (nSPS) is 10.2. The van der Waals surface area contributed by atoms with Crippen LogP contribution in [0.5, 0.6) is 0 Å². The van der Waals surface area contributed by atoms with Crippen LogP contribution in [0.1, 0.15) is 0 Å². The predicted octanol–water partition coefficient (Wildman–Crippen LogP) is 1.82. The fourth-order valence-corrected chi connectivity index (χ4v) is 1.32. The number of nitrogens with one attached hydrogen (secondary N) is 1. The summed E-state index contributed by atoms with van der Waals surface area (Å²) >= 11 is 5.78. The zero-order valence-corrected chi connectivity index (χ0v) is 7.45. The molecule has 1 aromatic carbocycles. The van der Waals surface area contributed by atoms with Crippen LogP contribution in [0.15, 0.2) is 41.3 Å². The van der Waals surface area contributed by atoms with Gasteiger partial charge in [-0.2, -0.15) is 0 Å². The minimum Gasteiger partial charge on any atom is -0.298 e. The first-order valence-electron chi connectivity index (χ1n) is 3.80. The van der Waals surface area contributed by atoms with E-state index in [0.29, 0.717) is 5.02 Å². The number of nitrogens with zero attached hydrogens (tertiary/aromatic N) is 1. The van der Waals surface area contributed by atoms with Crippen molar-refractivity contribution in [2.75, 3.05) is 0 Å². The van der Waals surface area contributed by atoms with E-state index in [-0.39, 0.29) is 5.56 Å². The maximum absolute atomic E-state index is 11.2. The Labute approximate surface area is 79.6 Å². The summed E-state index contributed by atoms with van der Waals surface area (Å²) in [4.78, 5) is 11.2. The standard InChI is InChI=1S/C9H7ClN2O/c10-7-2-1-3-8(6-7)12-9(13)4-5-11-12/h1-6,11H. The molecule has 0 amide bonds. The summed E-state index contributed by atoms with van der Waals surface area (Å²) in [6.07, 6.45) is 1.59. The zero-order valence-electron chi connectivity index (χ0n) is 6.70. The van der Waals surface area contributed by atoms with Crippen molar-refractivity contribution in [1.82, 2.24) is 9.78 Å². The number of aromatic amines is 1. The van der Waals surface area contributed by atoms with Gasteiger partial charge in [0.2, 0.25) is 0 Å². The number of rotatable bonds is 1. The van der Waals surface area contributed by atoms with E-state index in [1.165, 1.54) is 10.7 Å². The van der Waals surface area contributed by atoms with Gasteiger partial charge in [0.05, 0.1) is 5.69 Å². The molecule has 0 bridgehead atoms. The van der Waals surface area contributed by atoms with Gasteiger partial charge in [0.15, 0.2) is 0 Å². The second-order valence-electron chi connectivity index (χ2n) is 2.62. The summed E-state index contributed by atoms with van der Waals surface area (Å²) in [5, 5.41) is 3.40. The van der Waals surface area contributed by atoms with Crippen LogP contribution in [0.4, 0.5) is 0 Å². The molecule has 3 nitrogen and oxygen atoms in total. The van der Waals surface area contributed by atoms with Crippen LogP contribution in [0.2, 0.25) is 5.02 Å². The average Bonchev–Trinajstić information content (AvgIpc) is 2.51. The quantitative estimate of drug-likeness (QED) is 0.739. The maximum Gasteiger partial charge on any atom is 0.271 e. The van der Waals surface area contributed by atoms with Crippen LogP contribution in [0.25, 0.3) is 5.69 Å². The molecular weight excluding hydrogens is 188 g/mol. The highest BCUT2D eigenvalue weighted by atomic mass is 35.5. The first-order chi connectivity index (χ1) is 6.27. The molecule has 0 unspecified atom stereocenters. The smallest absolute Gasteiger partial charge is 0.271 e. The molecule has 13 heavy (non-hydrogen) atoms. The third-order valence-electron chi connectivity index (χ3n) is 1.72. The van der Waals surface area contributed by atoms with Gasteiger partial charge < -0.3 is 0 Å². The fourth-order valence-electron chi connectivity index (χ4n) is 1.14. The van der Waals surface area contributed by atoms with Gasteiger partial charge >= 0.3 is 0 Å². The summed E-state index contributed by atoms with van der Waals surface area (Å²) < 4.78 is 1.42. The molecule has 0 fully saturated rings. The molecule has 0 spiro atoms. The van der Waals surface area contributed by atoms with E-state index in [2.05, 4.69) is 5.10 Å². The predicted molar refractivity (Wildman–Crippen MR) is 51.4 cm³/mol. The van der Waals surface area contributed by atoms with Crippen LogP contribution in [-0.4, -0.2) is 9.78 Å². The Morgan fingerprint density at radius 3 is 2.77 bits per heavy atom. The van der Waals surface area contributed by atoms with Crippen LogP contribution in [-0.2, 0) is 0 Å². The molecule has 1 aromatic heterocycles. The van der Waals surface area contributed by atoms with E-state index in [1.807, 2.05) is 6.07 Å². The number of hydrogen-bond acceptors (Lipinski definition) is 1. The van der Waals surface area contributed by atoms with Crippen LogP contribution in [0.3, 0.4) is 0 Å². The lowest BCUT2D eigenvalue weighted by Gasteiger charge is -2.00. The monoisotopic (exact) mass is 194 g/mol. The van der Waals surface area contributed by atoms with Gasteiger partial charge in [-0.1, -0.05) is 17.7 Å². The van der Waals surface area contributed by atoms with E-state index in [9.17, 15) is 4.79 Å². The van der Waals surface area contributed by atoms with Gasteiger partial charge in [0, 0.05) is 17.3 Å². The molecule has 1 N–H and O–H groups in total. The molecule has 2 aromatic rings. The Balaban J connectivity index is 2.59. The Morgan fingerprint density at radius 1 is 1.31 bits per heavy atom. The summed E-state index contributed by atoms with van der Waals surface area (Å²) in [6, 6.07) is 8.55. The van der Waals surface area contributed by atoms with Gasteiger partial charge in [-0.05, 0) is 18.2 Å². The lowest BCUT2D eigenvalue weighted by Crippen LogP contribution is -2.13. The Kier molecular flexibility index (Phi) is 1.94. The minimum absolute atomic E-state index is 0.0951. The summed E-state index contributed by atoms with van der Waals surface area (Å²) in [5.41, 5.74) is 0.643. The number of hydrogen-bond donors (Lipinski definition) is 1. The highest BCUT2D eigenvalue weighted by Crippen LogP contribution is 2.12. The maximum atomic E-state index is 11.2. The Bertz CT molecular complexity index is 472. The van der Waals surface area contributed by atoms with E-state index in [4.69, 9.17) is 11.6 Å². The number of halogens is 1. The third-order valence-corrected chi connectivity index (χ3v) is 1.95. The van der Waals surface area contributed by atoms with E-state index < -0.39 is 0 Å². The molecule has 0 saturated carbocycles. The summed E-state index contributed by atoms with van der Waals surface area (Å²) in [7, 11) is 0. The molecule has 2 rings (SSSR count). The van der Waals surface area contributed by atoms with Gasteiger partial charge in [-0.3, -0.25) is 9.89 Å². The Hall–Kier alpha value is -1.48. The zero-order chi connectivity index (χ0) is 9.26.